The Morgan fingerprint density at radius 1 is 1.41 bits per heavy atom. The molecular weight excluding hydrogens is 316 g/mol. The summed E-state index contributed by atoms with van der Waals surface area (Å²) in [5, 5.41) is 5.79. The van der Waals surface area contributed by atoms with Gasteiger partial charge in [0.2, 0.25) is 0 Å². The molecule has 3 nitrogen and oxygen atoms in total. The molecule has 1 saturated carbocycles. The van der Waals surface area contributed by atoms with E-state index in [4.69, 9.17) is 11.6 Å². The van der Waals surface area contributed by atoms with Gasteiger partial charge in [-0.2, -0.15) is 5.10 Å². The molecule has 0 spiro atoms. The molecule has 22 heavy (non-hydrogen) atoms. The summed E-state index contributed by atoms with van der Waals surface area (Å²) in [6, 6.07) is 6.03. The molecule has 1 N–H and O–H groups in total. The Morgan fingerprint density at radius 2 is 2.23 bits per heavy atom. The molecular formula is C17H19ClN2OS. The molecule has 1 aliphatic carbocycles. The van der Waals surface area contributed by atoms with Crippen LogP contribution in [0.15, 0.2) is 23.3 Å². The molecule has 1 heterocycles. The van der Waals surface area contributed by atoms with E-state index in [2.05, 4.69) is 23.5 Å². The molecule has 3 rings (SSSR count). The summed E-state index contributed by atoms with van der Waals surface area (Å²) in [5.74, 6) is 0.240. The van der Waals surface area contributed by atoms with Gasteiger partial charge in [-0.1, -0.05) is 37.1 Å². The van der Waals surface area contributed by atoms with Crippen molar-refractivity contribution in [3.63, 3.8) is 0 Å². The maximum Gasteiger partial charge on any atom is 0.283 e. The van der Waals surface area contributed by atoms with Gasteiger partial charge in [-0.3, -0.25) is 4.79 Å². The van der Waals surface area contributed by atoms with Crippen LogP contribution in [-0.4, -0.2) is 11.6 Å². The molecule has 1 aromatic heterocycles. The van der Waals surface area contributed by atoms with Crippen molar-refractivity contribution in [2.45, 2.75) is 39.5 Å². The molecule has 0 saturated heterocycles. The van der Waals surface area contributed by atoms with E-state index in [0.717, 1.165) is 40.6 Å². The van der Waals surface area contributed by atoms with Crippen LogP contribution in [-0.2, 0) is 0 Å². The topological polar surface area (TPSA) is 41.5 Å². The molecule has 116 valence electrons. The first-order chi connectivity index (χ1) is 10.6. The Balaban J connectivity index is 1.83. The lowest BCUT2D eigenvalue weighted by Crippen LogP contribution is -2.23. The third kappa shape index (κ3) is 3.03. The smallest absolute Gasteiger partial charge is 0.266 e. The second-order valence-electron chi connectivity index (χ2n) is 5.94. The van der Waals surface area contributed by atoms with Gasteiger partial charge in [0.1, 0.15) is 4.88 Å². The number of carbonyl (C=O) groups excluding carboxylic acids is 1. The summed E-state index contributed by atoms with van der Waals surface area (Å²) in [4.78, 5) is 12.9. The molecule has 1 aromatic carbocycles. The Kier molecular flexibility index (Phi) is 4.50. The van der Waals surface area contributed by atoms with E-state index in [1.807, 2.05) is 19.1 Å². The number of hydrazone groups is 1. The monoisotopic (exact) mass is 334 g/mol. The van der Waals surface area contributed by atoms with Crippen molar-refractivity contribution in [3.8, 4) is 0 Å². The number of fused-ring (bicyclic) bond motifs is 1. The van der Waals surface area contributed by atoms with Crippen LogP contribution in [0.2, 0.25) is 5.02 Å². The zero-order valence-electron chi connectivity index (χ0n) is 12.8. The van der Waals surface area contributed by atoms with Gasteiger partial charge in [-0.15, -0.1) is 11.3 Å². The number of nitrogens with zero attached hydrogens (tertiary/aromatic N) is 1. The fourth-order valence-electron chi connectivity index (χ4n) is 2.83. The second-order valence-corrected chi connectivity index (χ2v) is 7.37. The van der Waals surface area contributed by atoms with E-state index in [9.17, 15) is 4.79 Å². The van der Waals surface area contributed by atoms with Gasteiger partial charge in [0.05, 0.1) is 5.02 Å². The van der Waals surface area contributed by atoms with E-state index < -0.39 is 0 Å². The third-order valence-corrected chi connectivity index (χ3v) is 5.84. The quantitative estimate of drug-likeness (QED) is 0.757. The van der Waals surface area contributed by atoms with Gasteiger partial charge in [0.25, 0.3) is 5.91 Å². The third-order valence-electron chi connectivity index (χ3n) is 4.18. The summed E-state index contributed by atoms with van der Waals surface area (Å²) in [5.41, 5.74) is 4.94. The molecule has 0 bridgehead atoms. The molecule has 1 unspecified atom stereocenters. The minimum absolute atomic E-state index is 0.214. The summed E-state index contributed by atoms with van der Waals surface area (Å²) in [7, 11) is 0. The average Bonchev–Trinajstić information content (AvgIpc) is 2.82. The fraction of sp³-hybridized carbons (Fsp3) is 0.412. The largest absolute Gasteiger partial charge is 0.283 e. The lowest BCUT2D eigenvalue weighted by molar-refractivity contribution is 0.0958. The number of nitrogens with one attached hydrogen (secondary N) is 1. The molecule has 1 atom stereocenters. The van der Waals surface area contributed by atoms with Crippen LogP contribution in [0.3, 0.4) is 0 Å². The average molecular weight is 335 g/mol. The summed E-state index contributed by atoms with van der Waals surface area (Å²) in [6.45, 7) is 4.20. The predicted octanol–water partition coefficient (Wildman–Crippen LogP) is 5.16. The first-order valence-electron chi connectivity index (χ1n) is 7.61. The van der Waals surface area contributed by atoms with Crippen LogP contribution in [0.5, 0.6) is 0 Å². The van der Waals surface area contributed by atoms with Crippen LogP contribution in [0.25, 0.3) is 10.1 Å². The number of carbonyl (C=O) groups is 1. The Hall–Kier alpha value is -1.39. The highest BCUT2D eigenvalue weighted by atomic mass is 35.5. The molecule has 0 aliphatic heterocycles. The fourth-order valence-corrected chi connectivity index (χ4v) is 4.33. The molecule has 2 aromatic rings. The molecule has 0 radical (unpaired) electrons. The van der Waals surface area contributed by atoms with E-state index in [0.29, 0.717) is 15.8 Å². The summed E-state index contributed by atoms with van der Waals surface area (Å²) < 4.78 is 1.04. The number of amides is 1. The lowest BCUT2D eigenvalue weighted by atomic mass is 9.89. The number of hydrogen-bond donors (Lipinski definition) is 1. The van der Waals surface area contributed by atoms with Crippen LogP contribution in [0.4, 0.5) is 0 Å². The predicted molar refractivity (Wildman–Crippen MR) is 94.1 cm³/mol. The van der Waals surface area contributed by atoms with Crippen LogP contribution in [0.1, 0.15) is 47.8 Å². The highest BCUT2D eigenvalue weighted by Gasteiger charge is 2.19. The van der Waals surface area contributed by atoms with Crippen molar-refractivity contribution >= 4 is 44.6 Å². The van der Waals surface area contributed by atoms with Gasteiger partial charge in [-0.05, 0) is 43.7 Å². The Morgan fingerprint density at radius 3 is 3.00 bits per heavy atom. The van der Waals surface area contributed by atoms with Crippen LogP contribution < -0.4 is 5.43 Å². The summed E-state index contributed by atoms with van der Waals surface area (Å²) >= 11 is 7.78. The lowest BCUT2D eigenvalue weighted by Gasteiger charge is -2.19. The van der Waals surface area contributed by atoms with E-state index in [-0.39, 0.29) is 5.91 Å². The zero-order chi connectivity index (χ0) is 15.7. The van der Waals surface area contributed by atoms with Gasteiger partial charge in [0.15, 0.2) is 0 Å². The van der Waals surface area contributed by atoms with Crippen molar-refractivity contribution in [3.05, 3.63) is 33.7 Å². The van der Waals surface area contributed by atoms with Crippen LogP contribution >= 0.6 is 22.9 Å². The van der Waals surface area contributed by atoms with Gasteiger partial charge < -0.3 is 0 Å². The summed E-state index contributed by atoms with van der Waals surface area (Å²) in [6.07, 6.45) is 4.52. The first kappa shape index (κ1) is 15.5. The SMILES string of the molecule is Cc1ccc2c(Cl)c(C(=O)NN=C3CCCCC3C)sc2c1. The number of hydrogen-bond acceptors (Lipinski definition) is 3. The highest BCUT2D eigenvalue weighted by Crippen LogP contribution is 2.35. The Bertz CT molecular complexity index is 750. The van der Waals surface area contributed by atoms with Crippen molar-refractivity contribution in [1.29, 1.82) is 0 Å². The molecule has 1 fully saturated rings. The van der Waals surface area contributed by atoms with Gasteiger partial charge in [-0.25, -0.2) is 5.43 Å². The first-order valence-corrected chi connectivity index (χ1v) is 8.81. The Labute approximate surface area is 139 Å². The standard InChI is InChI=1S/C17H19ClN2OS/c1-10-7-8-12-14(9-10)22-16(15(12)18)17(21)20-19-13-6-4-3-5-11(13)2/h7-9,11H,3-6H2,1-2H3,(H,20,21). The minimum Gasteiger partial charge on any atom is -0.266 e. The highest BCUT2D eigenvalue weighted by molar-refractivity contribution is 7.21. The van der Waals surface area contributed by atoms with Gasteiger partial charge >= 0.3 is 0 Å². The number of rotatable bonds is 2. The van der Waals surface area contributed by atoms with Crippen molar-refractivity contribution in [2.75, 3.05) is 0 Å². The van der Waals surface area contributed by atoms with Crippen molar-refractivity contribution in [1.82, 2.24) is 5.43 Å². The minimum atomic E-state index is -0.214. The van der Waals surface area contributed by atoms with Crippen molar-refractivity contribution < 1.29 is 4.79 Å². The van der Waals surface area contributed by atoms with Crippen LogP contribution in [0, 0.1) is 12.8 Å². The maximum absolute atomic E-state index is 12.4. The zero-order valence-corrected chi connectivity index (χ0v) is 14.4. The van der Waals surface area contributed by atoms with Crippen molar-refractivity contribution in [2.24, 2.45) is 11.0 Å². The number of aryl methyl sites for hydroxylation is 1. The van der Waals surface area contributed by atoms with E-state index >= 15 is 0 Å². The molecule has 1 amide bonds. The molecule has 1 aliphatic rings. The normalized spacial score (nSPS) is 20.5. The van der Waals surface area contributed by atoms with E-state index in [1.165, 1.54) is 17.8 Å². The number of thiophene rings is 1. The second kappa shape index (κ2) is 6.39. The van der Waals surface area contributed by atoms with Gasteiger partial charge in [0, 0.05) is 15.8 Å². The maximum atomic E-state index is 12.4. The number of benzene rings is 1. The molecule has 5 heteroatoms. The van der Waals surface area contributed by atoms with E-state index in [1.54, 1.807) is 0 Å². The number of halogens is 1.